The first kappa shape index (κ1) is 19.6. The second kappa shape index (κ2) is 9.23. The van der Waals surface area contributed by atoms with Crippen molar-refractivity contribution in [2.24, 2.45) is 5.92 Å². The summed E-state index contributed by atoms with van der Waals surface area (Å²) in [7, 11) is 0. The Bertz CT molecular complexity index is 1040. The van der Waals surface area contributed by atoms with Crippen LogP contribution in [0.5, 0.6) is 5.75 Å². The lowest BCUT2D eigenvalue weighted by Crippen LogP contribution is -2.28. The summed E-state index contributed by atoms with van der Waals surface area (Å²) < 4.78 is 5.81. The number of hydrogen-bond donors (Lipinski definition) is 1. The summed E-state index contributed by atoms with van der Waals surface area (Å²) in [4.78, 5) is 25.2. The number of nitrogens with one attached hydrogen (secondary N) is 1. The largest absolute Gasteiger partial charge is 0.489 e. The molecule has 0 bridgehead atoms. The minimum absolute atomic E-state index is 0.0105. The average Bonchev–Trinajstić information content (AvgIpc) is 3.64. The van der Waals surface area contributed by atoms with Gasteiger partial charge in [0.25, 0.3) is 5.91 Å². The van der Waals surface area contributed by atoms with Crippen molar-refractivity contribution in [3.8, 4) is 5.75 Å². The van der Waals surface area contributed by atoms with Gasteiger partial charge in [-0.05, 0) is 54.3 Å². The number of carbonyl (C=O) groups excluding carboxylic acids is 2. The van der Waals surface area contributed by atoms with Gasteiger partial charge in [-0.1, -0.05) is 60.7 Å². The lowest BCUT2D eigenvalue weighted by atomic mass is 10.1. The lowest BCUT2D eigenvalue weighted by Gasteiger charge is -2.10. The third-order valence-corrected chi connectivity index (χ3v) is 4.94. The van der Waals surface area contributed by atoms with E-state index in [0.29, 0.717) is 17.9 Å². The summed E-state index contributed by atoms with van der Waals surface area (Å²) in [5, 5.41) is 2.81. The summed E-state index contributed by atoms with van der Waals surface area (Å²) in [6.45, 7) is 0.495. The summed E-state index contributed by atoms with van der Waals surface area (Å²) in [5.74, 6) is 0.475. The first-order valence-electron chi connectivity index (χ1n) is 10.1. The Morgan fingerprint density at radius 3 is 2.13 bits per heavy atom. The molecule has 0 atom stereocenters. The van der Waals surface area contributed by atoms with E-state index >= 15 is 0 Å². The molecule has 0 spiro atoms. The molecule has 1 amide bonds. The van der Waals surface area contributed by atoms with E-state index in [-0.39, 0.29) is 17.6 Å². The smallest absolute Gasteiger partial charge is 0.255 e. The van der Waals surface area contributed by atoms with Crippen LogP contribution in [0.3, 0.4) is 0 Å². The Labute approximate surface area is 176 Å². The summed E-state index contributed by atoms with van der Waals surface area (Å²) in [5.41, 5.74) is 2.79. The third-order valence-electron chi connectivity index (χ3n) is 4.94. The Hall–Kier alpha value is -3.66. The fourth-order valence-corrected chi connectivity index (χ4v) is 3.09. The van der Waals surface area contributed by atoms with Gasteiger partial charge in [0, 0.05) is 11.5 Å². The van der Waals surface area contributed by atoms with Crippen LogP contribution >= 0.6 is 0 Å². The van der Waals surface area contributed by atoms with E-state index in [1.165, 1.54) is 0 Å². The molecule has 1 aliphatic rings. The van der Waals surface area contributed by atoms with Crippen molar-refractivity contribution in [1.29, 1.82) is 0 Å². The van der Waals surface area contributed by atoms with E-state index in [1.807, 2.05) is 60.7 Å². The number of ether oxygens (including phenoxy) is 1. The minimum Gasteiger partial charge on any atom is -0.489 e. The van der Waals surface area contributed by atoms with Gasteiger partial charge in [-0.3, -0.25) is 9.59 Å². The molecular weight excluding hydrogens is 374 g/mol. The molecule has 1 saturated carbocycles. The molecule has 1 N–H and O–H groups in total. The summed E-state index contributed by atoms with van der Waals surface area (Å²) in [6.07, 6.45) is 3.50. The van der Waals surface area contributed by atoms with E-state index in [0.717, 1.165) is 29.7 Å². The number of hydrogen-bond acceptors (Lipinski definition) is 3. The highest BCUT2D eigenvalue weighted by atomic mass is 16.5. The van der Waals surface area contributed by atoms with E-state index < -0.39 is 0 Å². The monoisotopic (exact) mass is 397 g/mol. The van der Waals surface area contributed by atoms with Gasteiger partial charge in [-0.15, -0.1) is 0 Å². The zero-order chi connectivity index (χ0) is 20.8. The van der Waals surface area contributed by atoms with Crippen molar-refractivity contribution in [2.75, 3.05) is 0 Å². The van der Waals surface area contributed by atoms with Crippen molar-refractivity contribution in [3.63, 3.8) is 0 Å². The molecule has 0 unspecified atom stereocenters. The zero-order valence-corrected chi connectivity index (χ0v) is 16.6. The van der Waals surface area contributed by atoms with Crippen molar-refractivity contribution in [3.05, 3.63) is 107 Å². The number of ketones is 1. The van der Waals surface area contributed by atoms with Crippen LogP contribution in [0.1, 0.15) is 34.3 Å². The molecule has 0 saturated heterocycles. The van der Waals surface area contributed by atoms with Crippen molar-refractivity contribution < 1.29 is 14.3 Å². The van der Waals surface area contributed by atoms with Gasteiger partial charge in [0.15, 0.2) is 5.78 Å². The molecule has 0 aliphatic heterocycles. The first-order chi connectivity index (χ1) is 14.7. The maximum absolute atomic E-state index is 12.7. The van der Waals surface area contributed by atoms with Gasteiger partial charge < -0.3 is 10.1 Å². The molecule has 1 fully saturated rings. The maximum atomic E-state index is 12.7. The topological polar surface area (TPSA) is 55.4 Å². The lowest BCUT2D eigenvalue weighted by molar-refractivity contribution is -0.116. The van der Waals surface area contributed by atoms with E-state index in [1.54, 1.807) is 30.3 Å². The standard InChI is InChI=1S/C26H23NO3/c28-25(21-13-14-21)24(27-26(29)22-9-5-2-6-10-22)17-19-11-15-23(16-12-19)30-18-20-7-3-1-4-8-20/h1-12,15-17,21H,13-14,18H2,(H,27,29)/b24-17-. The minimum atomic E-state index is -0.279. The first-order valence-corrected chi connectivity index (χ1v) is 10.1. The summed E-state index contributed by atoms with van der Waals surface area (Å²) >= 11 is 0. The van der Waals surface area contributed by atoms with Gasteiger partial charge in [-0.2, -0.15) is 0 Å². The van der Waals surface area contributed by atoms with Crippen molar-refractivity contribution >= 4 is 17.8 Å². The Balaban J connectivity index is 1.47. The Morgan fingerprint density at radius 1 is 0.867 bits per heavy atom. The van der Waals surface area contributed by atoms with E-state index in [2.05, 4.69) is 5.32 Å². The number of rotatable bonds is 8. The fourth-order valence-electron chi connectivity index (χ4n) is 3.09. The molecular formula is C26H23NO3. The van der Waals surface area contributed by atoms with Gasteiger partial charge >= 0.3 is 0 Å². The van der Waals surface area contributed by atoms with E-state index in [9.17, 15) is 9.59 Å². The van der Waals surface area contributed by atoms with Gasteiger partial charge in [0.05, 0.1) is 5.70 Å². The van der Waals surface area contributed by atoms with E-state index in [4.69, 9.17) is 4.74 Å². The fraction of sp³-hybridized carbons (Fsp3) is 0.154. The highest BCUT2D eigenvalue weighted by Gasteiger charge is 2.32. The molecule has 0 heterocycles. The molecule has 0 aromatic heterocycles. The molecule has 0 radical (unpaired) electrons. The quantitative estimate of drug-likeness (QED) is 0.543. The highest BCUT2D eigenvalue weighted by Crippen LogP contribution is 2.32. The Morgan fingerprint density at radius 2 is 1.50 bits per heavy atom. The number of benzene rings is 3. The number of allylic oxidation sites excluding steroid dienone is 1. The van der Waals surface area contributed by atoms with Crippen LogP contribution in [-0.2, 0) is 11.4 Å². The predicted molar refractivity (Wildman–Crippen MR) is 117 cm³/mol. The van der Waals surface area contributed by atoms with Gasteiger partial charge in [0.2, 0.25) is 0 Å². The molecule has 4 nitrogen and oxygen atoms in total. The van der Waals surface area contributed by atoms with Crippen LogP contribution in [0.15, 0.2) is 90.6 Å². The van der Waals surface area contributed by atoms with Crippen molar-refractivity contribution in [2.45, 2.75) is 19.4 Å². The Kier molecular flexibility index (Phi) is 6.04. The summed E-state index contributed by atoms with van der Waals surface area (Å²) in [6, 6.07) is 26.4. The third kappa shape index (κ3) is 5.23. The number of carbonyl (C=O) groups is 2. The van der Waals surface area contributed by atoms with Crippen LogP contribution in [-0.4, -0.2) is 11.7 Å². The van der Waals surface area contributed by atoms with Gasteiger partial charge in [-0.25, -0.2) is 0 Å². The van der Waals surface area contributed by atoms with Crippen LogP contribution in [0.25, 0.3) is 6.08 Å². The molecule has 30 heavy (non-hydrogen) atoms. The average molecular weight is 397 g/mol. The molecule has 3 aromatic carbocycles. The maximum Gasteiger partial charge on any atom is 0.255 e. The second-order valence-electron chi connectivity index (χ2n) is 7.36. The molecule has 3 aromatic rings. The molecule has 1 aliphatic carbocycles. The van der Waals surface area contributed by atoms with Crippen LogP contribution < -0.4 is 10.1 Å². The van der Waals surface area contributed by atoms with Gasteiger partial charge in [0.1, 0.15) is 12.4 Å². The molecule has 4 rings (SSSR count). The zero-order valence-electron chi connectivity index (χ0n) is 16.6. The predicted octanol–water partition coefficient (Wildman–Crippen LogP) is 5.02. The van der Waals surface area contributed by atoms with Crippen LogP contribution in [0.2, 0.25) is 0 Å². The molecule has 150 valence electrons. The van der Waals surface area contributed by atoms with Crippen molar-refractivity contribution in [1.82, 2.24) is 5.32 Å². The second-order valence-corrected chi connectivity index (χ2v) is 7.36. The number of amides is 1. The normalized spacial score (nSPS) is 13.5. The van der Waals surface area contributed by atoms with Crippen LogP contribution in [0.4, 0.5) is 0 Å². The number of Topliss-reactive ketones (excluding diaryl/α,β-unsaturated/α-hetero) is 1. The highest BCUT2D eigenvalue weighted by molar-refractivity contribution is 6.07. The van der Waals surface area contributed by atoms with Crippen LogP contribution in [0, 0.1) is 5.92 Å². The SMILES string of the molecule is O=C(N/C(=C\c1ccc(OCc2ccccc2)cc1)C(=O)C1CC1)c1ccccc1. The molecule has 4 heteroatoms.